The van der Waals surface area contributed by atoms with Crippen LogP contribution >= 0.6 is 0 Å². The topological polar surface area (TPSA) is 65.0 Å². The van der Waals surface area contributed by atoms with Crippen molar-refractivity contribution in [3.63, 3.8) is 0 Å². The average Bonchev–Trinajstić information content (AvgIpc) is 2.12. The second-order valence-electron chi connectivity index (χ2n) is 5.67. The molecule has 0 radical (unpaired) electrons. The van der Waals surface area contributed by atoms with E-state index in [0.717, 1.165) is 6.42 Å². The predicted molar refractivity (Wildman–Crippen MR) is 68.1 cm³/mol. The summed E-state index contributed by atoms with van der Waals surface area (Å²) in [5, 5.41) is 8.74. The van der Waals surface area contributed by atoms with Gasteiger partial charge in [-0.3, -0.25) is 4.79 Å². The molecule has 0 spiro atoms. The minimum absolute atomic E-state index is 0.0382. The summed E-state index contributed by atoms with van der Waals surface area (Å²) in [6.07, 6.45) is 0.753. The van der Waals surface area contributed by atoms with Crippen molar-refractivity contribution in [2.45, 2.75) is 65.5 Å². The zero-order chi connectivity index (χ0) is 14.4. The maximum atomic E-state index is 10.2. The first-order valence-electron chi connectivity index (χ1n) is 6.18. The summed E-state index contributed by atoms with van der Waals surface area (Å²) in [4.78, 5) is 10.2. The fraction of sp³-hybridized carbons (Fsp3) is 0.923. The van der Waals surface area contributed by atoms with Crippen LogP contribution in [0, 0.1) is 0 Å². The van der Waals surface area contributed by atoms with Gasteiger partial charge in [0, 0.05) is 6.92 Å². The molecule has 0 bridgehead atoms. The Morgan fingerprint density at radius 2 is 2.00 bits per heavy atom. The second-order valence-corrected chi connectivity index (χ2v) is 5.67. The van der Waals surface area contributed by atoms with Crippen molar-refractivity contribution in [1.82, 2.24) is 0 Å². The van der Waals surface area contributed by atoms with Gasteiger partial charge in [0.2, 0.25) is 0 Å². The summed E-state index contributed by atoms with van der Waals surface area (Å²) in [6, 6.07) is 0. The van der Waals surface area contributed by atoms with E-state index in [1.807, 2.05) is 34.6 Å². The van der Waals surface area contributed by atoms with E-state index in [1.54, 1.807) is 0 Å². The molecule has 1 aliphatic rings. The van der Waals surface area contributed by atoms with Crippen LogP contribution in [0.1, 0.15) is 48.0 Å². The van der Waals surface area contributed by atoms with Crippen LogP contribution in [-0.4, -0.2) is 41.8 Å². The van der Waals surface area contributed by atoms with Gasteiger partial charge in [0.25, 0.3) is 0 Å². The molecule has 5 nitrogen and oxygen atoms in total. The van der Waals surface area contributed by atoms with Gasteiger partial charge < -0.3 is 19.3 Å². The molecule has 1 heterocycles. The van der Waals surface area contributed by atoms with E-state index in [-0.39, 0.29) is 24.3 Å². The van der Waals surface area contributed by atoms with Crippen LogP contribution < -0.4 is 0 Å². The monoisotopic (exact) mass is 262 g/mol. The van der Waals surface area contributed by atoms with E-state index < -0.39 is 5.79 Å². The van der Waals surface area contributed by atoms with E-state index in [4.69, 9.17) is 19.3 Å². The number of rotatable bonds is 1. The quantitative estimate of drug-likeness (QED) is 0.731. The molecule has 5 heteroatoms. The summed E-state index contributed by atoms with van der Waals surface area (Å²) in [6.45, 7) is 11.4. The van der Waals surface area contributed by atoms with Crippen LogP contribution in [0.2, 0.25) is 0 Å². The Bertz CT molecular complexity index is 255. The first-order valence-corrected chi connectivity index (χ1v) is 6.18. The highest BCUT2D eigenvalue weighted by atomic mass is 16.7. The lowest BCUT2D eigenvalue weighted by atomic mass is 10.2. The van der Waals surface area contributed by atoms with E-state index in [1.165, 1.54) is 6.92 Å². The number of carbonyl (C=O) groups is 1. The van der Waals surface area contributed by atoms with Gasteiger partial charge in [-0.25, -0.2) is 0 Å². The molecule has 1 unspecified atom stereocenters. The van der Waals surface area contributed by atoms with Crippen LogP contribution in [0.15, 0.2) is 0 Å². The third kappa shape index (κ3) is 9.39. The van der Waals surface area contributed by atoms with Crippen LogP contribution in [-0.2, 0) is 19.0 Å². The van der Waals surface area contributed by atoms with Crippen molar-refractivity contribution in [1.29, 1.82) is 0 Å². The Kier molecular flexibility index (Phi) is 6.81. The van der Waals surface area contributed by atoms with Gasteiger partial charge in [-0.2, -0.15) is 0 Å². The lowest BCUT2D eigenvalue weighted by Gasteiger charge is -2.35. The fourth-order valence-corrected chi connectivity index (χ4v) is 1.49. The maximum absolute atomic E-state index is 10.2. The number of ether oxygens (including phenoxy) is 3. The smallest absolute Gasteiger partial charge is 0.303 e. The van der Waals surface area contributed by atoms with Crippen LogP contribution in [0.3, 0.4) is 0 Å². The van der Waals surface area contributed by atoms with Gasteiger partial charge in [0.05, 0.1) is 19.3 Å². The Balaban J connectivity index is 0.000000331. The molecular formula is C13H26O5. The average molecular weight is 262 g/mol. The molecule has 1 rings (SSSR count). The fourth-order valence-electron chi connectivity index (χ4n) is 1.49. The van der Waals surface area contributed by atoms with Crippen molar-refractivity contribution in [3.05, 3.63) is 0 Å². The number of hydrogen-bond donors (Lipinski definition) is 1. The van der Waals surface area contributed by atoms with E-state index in [9.17, 15) is 4.79 Å². The maximum Gasteiger partial charge on any atom is 0.303 e. The van der Waals surface area contributed by atoms with Crippen molar-refractivity contribution >= 4 is 5.97 Å². The van der Waals surface area contributed by atoms with Gasteiger partial charge in [0.1, 0.15) is 5.60 Å². The predicted octanol–water partition coefficient (Wildman–Crippen LogP) is 1.87. The molecule has 0 aromatic rings. The lowest BCUT2D eigenvalue weighted by molar-refractivity contribution is -0.277. The summed E-state index contributed by atoms with van der Waals surface area (Å²) in [5.74, 6) is -0.733. The summed E-state index contributed by atoms with van der Waals surface area (Å²) >= 11 is 0. The van der Waals surface area contributed by atoms with Gasteiger partial charge in [-0.15, -0.1) is 0 Å². The van der Waals surface area contributed by atoms with Crippen molar-refractivity contribution < 1.29 is 24.1 Å². The Labute approximate surface area is 109 Å². The number of esters is 1. The van der Waals surface area contributed by atoms with E-state index in [2.05, 4.69) is 0 Å². The lowest BCUT2D eigenvalue weighted by Crippen LogP contribution is -2.41. The summed E-state index contributed by atoms with van der Waals surface area (Å²) in [7, 11) is 0. The third-order valence-corrected chi connectivity index (χ3v) is 1.99. The van der Waals surface area contributed by atoms with Crippen molar-refractivity contribution in [2.24, 2.45) is 0 Å². The zero-order valence-electron chi connectivity index (χ0n) is 12.3. The normalized spacial score (nSPS) is 22.7. The van der Waals surface area contributed by atoms with Gasteiger partial charge in [-0.05, 0) is 41.0 Å². The molecule has 0 aromatic carbocycles. The second kappa shape index (κ2) is 7.07. The molecule has 1 N–H and O–H groups in total. The first kappa shape index (κ1) is 17.4. The highest BCUT2D eigenvalue weighted by molar-refractivity contribution is 5.66. The van der Waals surface area contributed by atoms with Crippen molar-refractivity contribution in [2.75, 3.05) is 13.2 Å². The van der Waals surface area contributed by atoms with E-state index in [0.29, 0.717) is 6.61 Å². The van der Waals surface area contributed by atoms with Gasteiger partial charge in [-0.1, -0.05) is 0 Å². The molecule has 0 aromatic heterocycles. The number of hydrogen-bond acceptors (Lipinski definition) is 5. The van der Waals surface area contributed by atoms with Crippen molar-refractivity contribution in [3.8, 4) is 0 Å². The molecule has 108 valence electrons. The highest BCUT2D eigenvalue weighted by Gasteiger charge is 2.28. The molecule has 0 amide bonds. The Morgan fingerprint density at radius 3 is 2.22 bits per heavy atom. The standard InChI is InChI=1S/C7H14O3.C6H12O2/c1-7(2)9-4-3-6(5-8)10-7;1-5(7)8-6(2,3)4/h6,8H,3-5H2,1-2H3;1-4H3. The summed E-state index contributed by atoms with van der Waals surface area (Å²) < 4.78 is 15.4. The van der Waals surface area contributed by atoms with E-state index >= 15 is 0 Å². The number of aliphatic hydroxyl groups excluding tert-OH is 1. The van der Waals surface area contributed by atoms with Crippen LogP contribution in [0.25, 0.3) is 0 Å². The minimum atomic E-state index is -0.508. The zero-order valence-corrected chi connectivity index (χ0v) is 12.3. The molecule has 1 aliphatic heterocycles. The van der Waals surface area contributed by atoms with Crippen LogP contribution in [0.4, 0.5) is 0 Å². The number of aliphatic hydroxyl groups is 1. The van der Waals surface area contributed by atoms with Crippen LogP contribution in [0.5, 0.6) is 0 Å². The Morgan fingerprint density at radius 1 is 1.44 bits per heavy atom. The molecule has 1 fully saturated rings. The SMILES string of the molecule is CC(=O)OC(C)(C)C.CC1(C)OCCC(CO)O1. The third-order valence-electron chi connectivity index (χ3n) is 1.99. The Hall–Kier alpha value is -0.650. The molecule has 0 aliphatic carbocycles. The largest absolute Gasteiger partial charge is 0.460 e. The molecule has 1 saturated heterocycles. The molecular weight excluding hydrogens is 236 g/mol. The first-order chi connectivity index (χ1) is 8.06. The summed E-state index contributed by atoms with van der Waals surface area (Å²) in [5.41, 5.74) is -0.328. The van der Waals surface area contributed by atoms with Gasteiger partial charge in [0.15, 0.2) is 5.79 Å². The molecule has 1 atom stereocenters. The minimum Gasteiger partial charge on any atom is -0.460 e. The number of carbonyl (C=O) groups excluding carboxylic acids is 1. The molecule has 0 saturated carbocycles. The molecule has 18 heavy (non-hydrogen) atoms. The van der Waals surface area contributed by atoms with Gasteiger partial charge >= 0.3 is 5.97 Å². The highest BCUT2D eigenvalue weighted by Crippen LogP contribution is 2.21.